The van der Waals surface area contributed by atoms with Crippen LogP contribution in [0.5, 0.6) is 0 Å². The molecule has 1 rings (SSSR count). The van der Waals surface area contributed by atoms with E-state index < -0.39 is 0 Å². The van der Waals surface area contributed by atoms with E-state index in [9.17, 15) is 0 Å². The maximum absolute atomic E-state index is 2.79. The first kappa shape index (κ1) is 15.5. The molecule has 0 spiro atoms. The molecule has 1 unspecified atom stereocenters. The predicted molar refractivity (Wildman–Crippen MR) is 90.9 cm³/mol. The van der Waals surface area contributed by atoms with Gasteiger partial charge in [-0.2, -0.15) is 0 Å². The van der Waals surface area contributed by atoms with Gasteiger partial charge in [-0.25, -0.2) is 0 Å². The van der Waals surface area contributed by atoms with Gasteiger partial charge < -0.3 is 0 Å². The van der Waals surface area contributed by atoms with Crippen LogP contribution in [0.15, 0.2) is 0 Å². The van der Waals surface area contributed by atoms with Crippen LogP contribution < -0.4 is 0 Å². The third-order valence-electron chi connectivity index (χ3n) is 4.87. The number of hydrogen-bond acceptors (Lipinski definition) is 0. The lowest BCUT2D eigenvalue weighted by Gasteiger charge is -2.58. The van der Waals surface area contributed by atoms with Crippen molar-refractivity contribution < 1.29 is 0 Å². The van der Waals surface area contributed by atoms with Crippen LogP contribution in [0, 0.1) is 11.3 Å². The second kappa shape index (κ2) is 6.07. The van der Waals surface area contributed by atoms with Gasteiger partial charge in [-0.05, 0) is 30.6 Å². The van der Waals surface area contributed by atoms with Crippen LogP contribution in [0.2, 0.25) is 0 Å². The first-order chi connectivity index (χ1) is 7.41. The van der Waals surface area contributed by atoms with Crippen LogP contribution in [0.4, 0.5) is 0 Å². The van der Waals surface area contributed by atoms with E-state index in [-0.39, 0.29) is 0 Å². The zero-order valence-electron chi connectivity index (χ0n) is 11.2. The summed E-state index contributed by atoms with van der Waals surface area (Å²) in [6.45, 7) is 9.68. The SMILES string of the molecule is CCCCC[C@@](C)(CC)[C@@]1(I)C[C@@H](I)C1C. The van der Waals surface area contributed by atoms with Crippen LogP contribution >= 0.6 is 45.2 Å². The number of halogens is 2. The number of alkyl halides is 2. The van der Waals surface area contributed by atoms with E-state index in [1.54, 1.807) is 0 Å². The van der Waals surface area contributed by atoms with Crippen molar-refractivity contribution in [2.45, 2.75) is 73.6 Å². The van der Waals surface area contributed by atoms with Crippen molar-refractivity contribution in [3.8, 4) is 0 Å². The highest BCUT2D eigenvalue weighted by Gasteiger charge is 2.57. The average Bonchev–Trinajstić information content (AvgIpc) is 2.28. The molecule has 1 aliphatic rings. The Balaban J connectivity index is 2.64. The van der Waals surface area contributed by atoms with Gasteiger partial charge in [-0.3, -0.25) is 0 Å². The maximum Gasteiger partial charge on any atom is 0.0321 e. The Morgan fingerprint density at radius 2 is 1.94 bits per heavy atom. The third-order valence-corrected chi connectivity index (χ3v) is 9.12. The van der Waals surface area contributed by atoms with Gasteiger partial charge in [0.15, 0.2) is 0 Å². The fraction of sp³-hybridized carbons (Fsp3) is 1.00. The minimum absolute atomic E-state index is 0.559. The molecule has 1 aliphatic carbocycles. The van der Waals surface area contributed by atoms with E-state index in [4.69, 9.17) is 0 Å². The van der Waals surface area contributed by atoms with Gasteiger partial charge in [0, 0.05) is 7.35 Å². The van der Waals surface area contributed by atoms with E-state index >= 15 is 0 Å². The average molecular weight is 448 g/mol. The summed E-state index contributed by atoms with van der Waals surface area (Å²) < 4.78 is 1.48. The van der Waals surface area contributed by atoms with Gasteiger partial charge >= 0.3 is 0 Å². The smallest absolute Gasteiger partial charge is 0.0321 e. The lowest BCUT2D eigenvalue weighted by Crippen LogP contribution is -2.58. The molecule has 0 radical (unpaired) electrons. The van der Waals surface area contributed by atoms with Crippen molar-refractivity contribution in [3.05, 3.63) is 0 Å². The predicted octanol–water partition coefficient (Wildman–Crippen LogP) is 6.00. The molecular weight excluding hydrogens is 422 g/mol. The second-order valence-electron chi connectivity index (χ2n) is 5.74. The van der Waals surface area contributed by atoms with Gasteiger partial charge in [0.1, 0.15) is 0 Å². The Kier molecular flexibility index (Phi) is 5.89. The Labute approximate surface area is 129 Å². The van der Waals surface area contributed by atoms with Crippen LogP contribution in [0.25, 0.3) is 0 Å². The molecule has 0 aliphatic heterocycles. The molecule has 0 heterocycles. The van der Waals surface area contributed by atoms with Crippen molar-refractivity contribution in [3.63, 3.8) is 0 Å². The molecule has 96 valence electrons. The highest BCUT2D eigenvalue weighted by molar-refractivity contribution is 14.1. The molecule has 0 aromatic rings. The van der Waals surface area contributed by atoms with Crippen LogP contribution in [-0.4, -0.2) is 7.35 Å². The molecule has 0 aromatic heterocycles. The highest BCUT2D eigenvalue weighted by Crippen LogP contribution is 2.61. The lowest BCUT2D eigenvalue weighted by molar-refractivity contribution is 0.0894. The summed E-state index contributed by atoms with van der Waals surface area (Å²) in [7, 11) is 0. The normalized spacial score (nSPS) is 37.9. The van der Waals surface area contributed by atoms with Crippen molar-refractivity contribution in [1.29, 1.82) is 0 Å². The largest absolute Gasteiger partial charge is 0.0822 e. The van der Waals surface area contributed by atoms with Crippen LogP contribution in [0.1, 0.15) is 66.2 Å². The Bertz CT molecular complexity index is 229. The molecule has 16 heavy (non-hydrogen) atoms. The lowest BCUT2D eigenvalue weighted by atomic mass is 9.58. The van der Waals surface area contributed by atoms with Crippen LogP contribution in [0.3, 0.4) is 0 Å². The fourth-order valence-electron chi connectivity index (χ4n) is 3.01. The molecule has 0 nitrogen and oxygen atoms in total. The van der Waals surface area contributed by atoms with Crippen molar-refractivity contribution >= 4 is 45.2 Å². The van der Waals surface area contributed by atoms with Gasteiger partial charge in [0.2, 0.25) is 0 Å². The standard InChI is InChI=1S/C14H26I2/c1-5-7-8-9-13(4,6-2)14(16)10-12(15)11(14)3/h11-12H,5-10H2,1-4H3/t11?,12-,13-,14-/m1/s1. The Hall–Kier alpha value is 1.46. The number of hydrogen-bond donors (Lipinski definition) is 0. The maximum atomic E-state index is 2.79. The van der Waals surface area contributed by atoms with E-state index in [1.165, 1.54) is 38.5 Å². The van der Waals surface area contributed by atoms with E-state index in [0.717, 1.165) is 9.84 Å². The summed E-state index contributed by atoms with van der Waals surface area (Å²) in [6, 6.07) is 0. The monoisotopic (exact) mass is 448 g/mol. The molecule has 0 saturated heterocycles. The summed E-state index contributed by atoms with van der Waals surface area (Å²) in [6.07, 6.45) is 8.36. The van der Waals surface area contributed by atoms with Gasteiger partial charge in [0.05, 0.1) is 0 Å². The summed E-state index contributed by atoms with van der Waals surface area (Å²) >= 11 is 5.43. The molecule has 4 atom stereocenters. The summed E-state index contributed by atoms with van der Waals surface area (Å²) in [5, 5.41) is 0. The number of rotatable bonds is 6. The Morgan fingerprint density at radius 3 is 2.31 bits per heavy atom. The third kappa shape index (κ3) is 2.72. The molecule has 1 fully saturated rings. The topological polar surface area (TPSA) is 0 Å². The molecule has 0 bridgehead atoms. The van der Waals surface area contributed by atoms with E-state index in [2.05, 4.69) is 72.9 Å². The molecule has 0 N–H and O–H groups in total. The van der Waals surface area contributed by atoms with Crippen molar-refractivity contribution in [2.75, 3.05) is 0 Å². The quantitative estimate of drug-likeness (QED) is 0.266. The van der Waals surface area contributed by atoms with E-state index in [1.807, 2.05) is 0 Å². The zero-order valence-corrected chi connectivity index (χ0v) is 15.5. The Morgan fingerprint density at radius 1 is 1.31 bits per heavy atom. The fourth-order valence-corrected chi connectivity index (χ4v) is 7.41. The minimum atomic E-state index is 0.559. The summed E-state index contributed by atoms with van der Waals surface area (Å²) in [5.74, 6) is 0.889. The van der Waals surface area contributed by atoms with E-state index in [0.29, 0.717) is 8.84 Å². The number of unbranched alkanes of at least 4 members (excludes halogenated alkanes) is 2. The van der Waals surface area contributed by atoms with Crippen LogP contribution in [-0.2, 0) is 0 Å². The first-order valence-corrected chi connectivity index (χ1v) is 9.06. The van der Waals surface area contributed by atoms with Gasteiger partial charge in [-0.1, -0.05) is 92.1 Å². The van der Waals surface area contributed by atoms with Crippen molar-refractivity contribution in [2.24, 2.45) is 11.3 Å². The second-order valence-corrected chi connectivity index (χ2v) is 9.27. The van der Waals surface area contributed by atoms with Crippen molar-refractivity contribution in [1.82, 2.24) is 0 Å². The molecule has 0 aromatic carbocycles. The summed E-state index contributed by atoms with van der Waals surface area (Å²) in [4.78, 5) is 0. The summed E-state index contributed by atoms with van der Waals surface area (Å²) in [5.41, 5.74) is 0.559. The molecule has 2 heteroatoms. The molecular formula is C14H26I2. The zero-order chi connectivity index (χ0) is 12.4. The molecule has 1 saturated carbocycles. The molecule has 0 amide bonds. The van der Waals surface area contributed by atoms with Gasteiger partial charge in [0.25, 0.3) is 0 Å². The highest BCUT2D eigenvalue weighted by atomic mass is 127. The first-order valence-electron chi connectivity index (χ1n) is 6.74. The minimum Gasteiger partial charge on any atom is -0.0822 e. The van der Waals surface area contributed by atoms with Gasteiger partial charge in [-0.15, -0.1) is 0 Å².